The van der Waals surface area contributed by atoms with Crippen molar-refractivity contribution in [3.05, 3.63) is 248 Å². The molecular formula is C80H89N9O12. The van der Waals surface area contributed by atoms with E-state index in [9.17, 15) is 44.1 Å². The molecule has 101 heavy (non-hydrogen) atoms. The number of hydrogen-bond donors (Lipinski definition) is 6. The first-order chi connectivity index (χ1) is 49.2. The van der Waals surface area contributed by atoms with Crippen LogP contribution >= 0.6 is 0 Å². The number of carboxylic acids is 1. The monoisotopic (exact) mass is 1370 g/mol. The highest BCUT2D eigenvalue weighted by molar-refractivity contribution is 5.98. The molecule has 526 valence electrons. The van der Waals surface area contributed by atoms with Gasteiger partial charge in [0.05, 0.1) is 33.4 Å². The maximum Gasteiger partial charge on any atom is 0.328 e. The second-order valence-corrected chi connectivity index (χ2v) is 26.3. The van der Waals surface area contributed by atoms with Gasteiger partial charge in [-0.3, -0.25) is 28.4 Å². The van der Waals surface area contributed by atoms with Gasteiger partial charge >= 0.3 is 17.9 Å². The van der Waals surface area contributed by atoms with Gasteiger partial charge in [0, 0.05) is 53.0 Å². The maximum atomic E-state index is 13.3. The Morgan fingerprint density at radius 2 is 0.792 bits per heavy atom. The van der Waals surface area contributed by atoms with Crippen molar-refractivity contribution >= 4 is 35.6 Å². The third-order valence-electron chi connectivity index (χ3n) is 19.2. The van der Waals surface area contributed by atoms with Crippen molar-refractivity contribution < 1.29 is 58.3 Å². The number of carbonyl (C=O) groups is 6. The van der Waals surface area contributed by atoms with Crippen molar-refractivity contribution in [1.82, 2.24) is 45.3 Å². The van der Waals surface area contributed by atoms with Gasteiger partial charge in [-0.25, -0.2) is 14.4 Å². The smallest absolute Gasteiger partial charge is 0.328 e. The molecule has 4 aliphatic rings. The molecule has 6 aromatic carbocycles. The first-order valence-electron chi connectivity index (χ1n) is 35.2. The Balaban J connectivity index is 0.000000154. The van der Waals surface area contributed by atoms with Crippen molar-refractivity contribution in [1.29, 1.82) is 0 Å². The number of ether oxygens (including phenoxy) is 3. The van der Waals surface area contributed by atoms with Crippen LogP contribution in [0.5, 0.6) is 17.2 Å². The van der Waals surface area contributed by atoms with E-state index >= 15 is 0 Å². The summed E-state index contributed by atoms with van der Waals surface area (Å²) in [5, 5.41) is 51.4. The van der Waals surface area contributed by atoms with E-state index in [1.165, 1.54) is 39.2 Å². The summed E-state index contributed by atoms with van der Waals surface area (Å²) in [5.41, 5.74) is 13.2. The second kappa shape index (κ2) is 34.8. The maximum absolute atomic E-state index is 13.3. The number of rotatable bonds is 23. The van der Waals surface area contributed by atoms with Crippen LogP contribution in [-0.4, -0.2) is 113 Å². The molecule has 3 heterocycles. The van der Waals surface area contributed by atoms with Gasteiger partial charge in [0.1, 0.15) is 42.0 Å². The number of aliphatic carboxylic acids is 1. The molecule has 21 nitrogen and oxygen atoms in total. The molecule has 4 aliphatic carbocycles. The quantitative estimate of drug-likeness (QED) is 0.0325. The molecule has 1 fully saturated rings. The first kappa shape index (κ1) is 71.5. The summed E-state index contributed by atoms with van der Waals surface area (Å²) >= 11 is 0. The molecule has 3 amide bonds. The Morgan fingerprint density at radius 1 is 0.426 bits per heavy atom. The number of amides is 3. The average molecular weight is 1370 g/mol. The van der Waals surface area contributed by atoms with Crippen LogP contribution in [0.4, 0.5) is 0 Å². The van der Waals surface area contributed by atoms with Crippen LogP contribution in [0.3, 0.4) is 0 Å². The van der Waals surface area contributed by atoms with E-state index in [-0.39, 0.29) is 42.6 Å². The number of phenolic OH excluding ortho intramolecular Hbond substituents is 2. The summed E-state index contributed by atoms with van der Waals surface area (Å²) in [6.45, 7) is 1.64. The number of hydrogen-bond acceptors (Lipinski definition) is 14. The highest BCUT2D eigenvalue weighted by Crippen LogP contribution is 2.34. The standard InChI is InChI=1S/C31H31N3O4.C25H27N3O4.C24H31N3O4/c35-30(29-26-13-7-8-14-28(26)34(33-29)20-23-9-3-1-4-10-23)32-27(31(36)37)19-22-15-17-25(18-16-22)38-21-24-11-5-2-6-12-24;1-32-25(31)21(15-17-11-13-19(29)14-12-17)26-24(30)23-20-9-5-6-10-22(20)28(27-23)16-18-7-3-2-4-8-18;1-31-24(30)20(15-16-11-13-18(28)14-12-16)25-23(29)22-19-9-5-6-10-21(19)27(26-22)17-7-3-2-4-8-17/h1-6,9-12,15-18,27H,7-8,13-14,19-21H2,(H,32,35)(H,36,37);2-4,7-8,11-14,21,29H,5-6,9-10,15-16H2,1H3,(H,26,30);11-14,17,20,28H,2-10,15H2,1H3,(H,25,29). The average Bonchev–Trinajstić information content (AvgIpc) is 1.65. The summed E-state index contributed by atoms with van der Waals surface area (Å²) in [5.74, 6) is -2.24. The molecule has 0 bridgehead atoms. The van der Waals surface area contributed by atoms with Crippen molar-refractivity contribution in [3.63, 3.8) is 0 Å². The molecular weight excluding hydrogens is 1280 g/mol. The topological polar surface area (TPSA) is 280 Å². The van der Waals surface area contributed by atoms with Gasteiger partial charge in [-0.05, 0) is 160 Å². The lowest BCUT2D eigenvalue weighted by Crippen LogP contribution is -2.43. The van der Waals surface area contributed by atoms with Crippen molar-refractivity contribution in [3.8, 4) is 17.2 Å². The largest absolute Gasteiger partial charge is 0.508 e. The number of phenols is 2. The molecule has 13 rings (SSSR count). The zero-order valence-electron chi connectivity index (χ0n) is 57.4. The summed E-state index contributed by atoms with van der Waals surface area (Å²) in [6, 6.07) is 48.0. The summed E-state index contributed by atoms with van der Waals surface area (Å²) in [7, 11) is 2.62. The highest BCUT2D eigenvalue weighted by Gasteiger charge is 2.34. The molecule has 21 heteroatoms. The number of carboxylic acid groups (broad SMARTS) is 1. The van der Waals surface area contributed by atoms with Crippen LogP contribution < -0.4 is 20.7 Å². The van der Waals surface area contributed by atoms with Gasteiger partial charge < -0.3 is 45.5 Å². The molecule has 6 N–H and O–H groups in total. The van der Waals surface area contributed by atoms with Gasteiger partial charge in [-0.2, -0.15) is 15.3 Å². The molecule has 0 spiro atoms. The molecule has 9 aromatic rings. The lowest BCUT2D eigenvalue weighted by atomic mass is 9.92. The van der Waals surface area contributed by atoms with E-state index in [4.69, 9.17) is 19.3 Å². The fraction of sp³-hybridized carbons (Fsp3) is 0.362. The normalized spacial score (nSPS) is 14.8. The van der Waals surface area contributed by atoms with Crippen LogP contribution in [0.2, 0.25) is 0 Å². The van der Waals surface area contributed by atoms with Gasteiger partial charge in [0.25, 0.3) is 17.7 Å². The van der Waals surface area contributed by atoms with Crippen LogP contribution in [0.15, 0.2) is 164 Å². The second-order valence-electron chi connectivity index (χ2n) is 26.3. The third kappa shape index (κ3) is 18.9. The number of nitrogens with zero attached hydrogens (tertiary/aromatic N) is 6. The Kier molecular flexibility index (Phi) is 24.6. The molecule has 0 saturated heterocycles. The van der Waals surface area contributed by atoms with Gasteiger partial charge in [-0.15, -0.1) is 0 Å². The van der Waals surface area contributed by atoms with E-state index < -0.39 is 41.9 Å². The fourth-order valence-electron chi connectivity index (χ4n) is 13.9. The first-order valence-corrected chi connectivity index (χ1v) is 35.2. The summed E-state index contributed by atoms with van der Waals surface area (Å²) in [4.78, 5) is 76.6. The summed E-state index contributed by atoms with van der Waals surface area (Å²) < 4.78 is 21.6. The predicted octanol–water partition coefficient (Wildman–Crippen LogP) is 11.3. The molecule has 3 aromatic heterocycles. The van der Waals surface area contributed by atoms with Crippen LogP contribution in [0.1, 0.15) is 175 Å². The van der Waals surface area contributed by atoms with Gasteiger partial charge in [0.15, 0.2) is 17.1 Å². The highest BCUT2D eigenvalue weighted by atomic mass is 16.5. The number of aromatic hydroxyl groups is 2. The number of aromatic nitrogens is 6. The number of methoxy groups -OCH3 is 2. The Hall–Kier alpha value is -10.8. The number of fused-ring (bicyclic) bond motifs is 3. The lowest BCUT2D eigenvalue weighted by Gasteiger charge is -2.25. The number of benzene rings is 6. The SMILES string of the molecule is COC(=O)C(Cc1ccc(O)cc1)NC(=O)c1nn(C2CCCCC2)c2c1CCCC2.COC(=O)C(Cc1ccc(O)cc1)NC(=O)c1nn(Cc2ccccc2)c2c1CCCC2.O=C(NC(Cc1ccc(OCc2ccccc2)cc1)C(=O)O)c1nn(Cc2ccccc2)c2c1CCCC2. The van der Waals surface area contributed by atoms with E-state index in [2.05, 4.69) is 30.8 Å². The number of esters is 2. The van der Waals surface area contributed by atoms with Gasteiger partial charge in [0.2, 0.25) is 0 Å². The van der Waals surface area contributed by atoms with Crippen LogP contribution in [-0.2, 0) is 101 Å². The zero-order valence-corrected chi connectivity index (χ0v) is 57.4. The van der Waals surface area contributed by atoms with Crippen molar-refractivity contribution in [2.24, 2.45) is 0 Å². The third-order valence-corrected chi connectivity index (χ3v) is 19.2. The summed E-state index contributed by atoms with van der Waals surface area (Å²) in [6.07, 6.45) is 18.0. The molecule has 0 aliphatic heterocycles. The predicted molar refractivity (Wildman–Crippen MR) is 380 cm³/mol. The van der Waals surface area contributed by atoms with Gasteiger partial charge in [-0.1, -0.05) is 147 Å². The Morgan fingerprint density at radius 3 is 1.22 bits per heavy atom. The molecule has 3 atom stereocenters. The van der Waals surface area contributed by atoms with E-state index in [1.54, 1.807) is 48.5 Å². The molecule has 3 unspecified atom stereocenters. The van der Waals surface area contributed by atoms with Crippen molar-refractivity contribution in [2.75, 3.05) is 14.2 Å². The minimum absolute atomic E-state index is 0.142. The van der Waals surface area contributed by atoms with Crippen LogP contribution in [0.25, 0.3) is 0 Å². The number of nitrogens with one attached hydrogen (secondary N) is 3. The molecule has 1 saturated carbocycles. The Bertz CT molecular complexity index is 4260. The van der Waals surface area contributed by atoms with Crippen molar-refractivity contribution in [2.45, 2.75) is 172 Å². The van der Waals surface area contributed by atoms with E-state index in [0.717, 1.165) is 151 Å². The van der Waals surface area contributed by atoms with Crippen LogP contribution in [0, 0.1) is 0 Å². The van der Waals surface area contributed by atoms with E-state index in [0.29, 0.717) is 48.6 Å². The minimum Gasteiger partial charge on any atom is -0.508 e. The zero-order chi connectivity index (χ0) is 70.6. The Labute approximate surface area is 588 Å². The fourth-order valence-corrected chi connectivity index (χ4v) is 13.9. The molecule has 0 radical (unpaired) electrons. The van der Waals surface area contributed by atoms with E-state index in [1.807, 2.05) is 125 Å². The number of carbonyl (C=O) groups excluding carboxylic acids is 5. The lowest BCUT2D eigenvalue weighted by molar-refractivity contribution is -0.143. The minimum atomic E-state index is -1.08.